The number of hydrogen-bond donors (Lipinski definition) is 4. The van der Waals surface area contributed by atoms with Crippen LogP contribution in [-0.2, 0) is 9.47 Å². The monoisotopic (exact) mass is 313 g/mol. The van der Waals surface area contributed by atoms with Crippen molar-refractivity contribution in [2.24, 2.45) is 0 Å². The Balaban J connectivity index is 1.84. The zero-order valence-corrected chi connectivity index (χ0v) is 11.2. The summed E-state index contributed by atoms with van der Waals surface area (Å²) in [5.74, 6) is -2.02. The van der Waals surface area contributed by atoms with Crippen molar-refractivity contribution in [3.63, 3.8) is 0 Å². The van der Waals surface area contributed by atoms with E-state index in [1.54, 1.807) is 0 Å². The van der Waals surface area contributed by atoms with E-state index < -0.39 is 35.5 Å². The van der Waals surface area contributed by atoms with Gasteiger partial charge in [0.25, 0.3) is 5.56 Å². The lowest BCUT2D eigenvalue weighted by Crippen LogP contribution is -2.33. The molecule has 1 aliphatic heterocycles. The number of rotatable bonds is 2. The number of halogens is 1. The van der Waals surface area contributed by atoms with E-state index in [2.05, 4.69) is 15.0 Å². The number of anilines is 1. The minimum atomic E-state index is -2.18. The Hall–Kier alpha value is -2.08. The molecule has 3 heterocycles. The lowest BCUT2D eigenvalue weighted by molar-refractivity contribution is -0.203. The summed E-state index contributed by atoms with van der Waals surface area (Å²) in [7, 11) is 1.18. The highest BCUT2D eigenvalue weighted by molar-refractivity contribution is 5.70. The van der Waals surface area contributed by atoms with Crippen molar-refractivity contribution in [3.05, 3.63) is 16.7 Å². The highest BCUT2D eigenvalue weighted by atomic mass is 19.1. The molecule has 5 atom stereocenters. The minimum Gasteiger partial charge on any atom is -0.384 e. The van der Waals surface area contributed by atoms with Gasteiger partial charge in [-0.25, -0.2) is 9.37 Å². The number of hydrogen-bond acceptors (Lipinski definition) is 8. The van der Waals surface area contributed by atoms with Crippen LogP contribution in [0.5, 0.6) is 0 Å². The van der Waals surface area contributed by atoms with Crippen LogP contribution in [0.1, 0.15) is 6.23 Å². The molecule has 2 fully saturated rings. The van der Waals surface area contributed by atoms with Gasteiger partial charge in [0.05, 0.1) is 6.33 Å². The number of aromatic nitrogens is 4. The SMILES string of the molecule is COC12OC(n3cnc4c(=O)[nH]c(N)nc43)C(F)C1(O)C2O. The molecule has 10 nitrogen and oxygen atoms in total. The molecule has 0 amide bonds. The first-order chi connectivity index (χ1) is 10.4. The predicted molar refractivity (Wildman–Crippen MR) is 68.3 cm³/mol. The average Bonchev–Trinajstić information content (AvgIpc) is 2.81. The first-order valence-corrected chi connectivity index (χ1v) is 6.36. The third-order valence-corrected chi connectivity index (χ3v) is 4.25. The summed E-state index contributed by atoms with van der Waals surface area (Å²) < 4.78 is 26.0. The summed E-state index contributed by atoms with van der Waals surface area (Å²) in [5.41, 5.74) is 2.65. The highest BCUT2D eigenvalue weighted by Crippen LogP contribution is 2.63. The molecule has 1 aliphatic carbocycles. The summed E-state index contributed by atoms with van der Waals surface area (Å²) in [5, 5.41) is 19.9. The third-order valence-electron chi connectivity index (χ3n) is 4.25. The number of nitrogens with one attached hydrogen (secondary N) is 1. The number of aliphatic hydroxyl groups is 2. The van der Waals surface area contributed by atoms with Gasteiger partial charge in [0, 0.05) is 7.11 Å². The Labute approximate surface area is 121 Å². The van der Waals surface area contributed by atoms with Gasteiger partial charge in [0.1, 0.15) is 6.10 Å². The van der Waals surface area contributed by atoms with Crippen molar-refractivity contribution in [1.29, 1.82) is 0 Å². The van der Waals surface area contributed by atoms with Gasteiger partial charge in [-0.3, -0.25) is 14.3 Å². The Morgan fingerprint density at radius 3 is 3.00 bits per heavy atom. The molecule has 5 N–H and O–H groups in total. The number of nitrogens with two attached hydrogens (primary N) is 1. The molecule has 5 unspecified atom stereocenters. The molecular weight excluding hydrogens is 301 g/mol. The standard InChI is InChI=1S/C11H12FN5O5/c1-21-11-8(19)10(11,20)4(12)7(22-11)17-2-14-3-5(17)15-9(13)16-6(3)18/h2,4,7-8,19-20H,1H3,(H3,13,15,16,18). The summed E-state index contributed by atoms with van der Waals surface area (Å²) in [6.45, 7) is 0. The van der Waals surface area contributed by atoms with Gasteiger partial charge in [-0.05, 0) is 0 Å². The van der Waals surface area contributed by atoms with Gasteiger partial charge in [-0.15, -0.1) is 0 Å². The van der Waals surface area contributed by atoms with Gasteiger partial charge in [0.15, 0.2) is 29.2 Å². The maximum atomic E-state index is 14.6. The summed E-state index contributed by atoms with van der Waals surface area (Å²) >= 11 is 0. The van der Waals surface area contributed by atoms with Gasteiger partial charge in [0.2, 0.25) is 11.7 Å². The Morgan fingerprint density at radius 2 is 2.36 bits per heavy atom. The predicted octanol–water partition coefficient (Wildman–Crippen LogP) is -1.98. The molecule has 0 spiro atoms. The number of H-pyrrole nitrogens is 1. The summed E-state index contributed by atoms with van der Waals surface area (Å²) in [6, 6.07) is 0. The smallest absolute Gasteiger partial charge is 0.280 e. The number of imidazole rings is 1. The fourth-order valence-corrected chi connectivity index (χ4v) is 3.02. The van der Waals surface area contributed by atoms with E-state index in [1.165, 1.54) is 7.11 Å². The molecule has 2 aromatic rings. The van der Waals surface area contributed by atoms with E-state index in [0.717, 1.165) is 10.9 Å². The number of nitrogen functional groups attached to an aromatic ring is 1. The van der Waals surface area contributed by atoms with Crippen molar-refractivity contribution in [2.45, 2.75) is 29.9 Å². The number of aromatic amines is 1. The molecule has 0 bridgehead atoms. The second-order valence-corrected chi connectivity index (χ2v) is 5.28. The number of methoxy groups -OCH3 is 1. The van der Waals surface area contributed by atoms with E-state index >= 15 is 0 Å². The second kappa shape index (κ2) is 3.81. The fourth-order valence-electron chi connectivity index (χ4n) is 3.02. The minimum absolute atomic E-state index is 0.000423. The Kier molecular flexibility index (Phi) is 2.35. The van der Waals surface area contributed by atoms with E-state index in [0.29, 0.717) is 0 Å². The molecule has 2 aromatic heterocycles. The van der Waals surface area contributed by atoms with Crippen molar-refractivity contribution in [1.82, 2.24) is 19.5 Å². The second-order valence-electron chi connectivity index (χ2n) is 5.28. The molecule has 2 aliphatic rings. The van der Waals surface area contributed by atoms with Gasteiger partial charge >= 0.3 is 0 Å². The van der Waals surface area contributed by atoms with Crippen LogP contribution >= 0.6 is 0 Å². The lowest BCUT2D eigenvalue weighted by atomic mass is 10.2. The Morgan fingerprint density at radius 1 is 1.64 bits per heavy atom. The van der Waals surface area contributed by atoms with Gasteiger partial charge < -0.3 is 25.4 Å². The Bertz CT molecular complexity index is 834. The van der Waals surface area contributed by atoms with Crippen molar-refractivity contribution < 1.29 is 24.1 Å². The van der Waals surface area contributed by atoms with E-state index in [9.17, 15) is 19.4 Å². The van der Waals surface area contributed by atoms with Crippen LogP contribution in [0.2, 0.25) is 0 Å². The molecule has 11 heteroatoms. The lowest BCUT2D eigenvalue weighted by Gasteiger charge is -2.21. The first-order valence-electron chi connectivity index (χ1n) is 6.36. The first kappa shape index (κ1) is 13.6. The van der Waals surface area contributed by atoms with Gasteiger partial charge in [-0.1, -0.05) is 0 Å². The highest BCUT2D eigenvalue weighted by Gasteiger charge is 2.90. The molecule has 22 heavy (non-hydrogen) atoms. The maximum Gasteiger partial charge on any atom is 0.280 e. The molecule has 0 radical (unpaired) electrons. The van der Waals surface area contributed by atoms with Crippen molar-refractivity contribution in [2.75, 3.05) is 12.8 Å². The van der Waals surface area contributed by atoms with E-state index in [-0.39, 0.29) is 17.1 Å². The van der Waals surface area contributed by atoms with Crippen molar-refractivity contribution >= 4 is 17.1 Å². The number of ether oxygens (including phenoxy) is 2. The van der Waals surface area contributed by atoms with Crippen LogP contribution in [-0.4, -0.2) is 60.5 Å². The van der Waals surface area contributed by atoms with E-state index in [4.69, 9.17) is 15.2 Å². The zero-order valence-electron chi connectivity index (χ0n) is 11.2. The summed E-state index contributed by atoms with van der Waals surface area (Å²) in [6.07, 6.45) is -3.74. The van der Waals surface area contributed by atoms with Crippen LogP contribution in [0.3, 0.4) is 0 Å². The third kappa shape index (κ3) is 1.26. The van der Waals surface area contributed by atoms with E-state index in [1.807, 2.05) is 0 Å². The largest absolute Gasteiger partial charge is 0.384 e. The molecule has 118 valence electrons. The summed E-state index contributed by atoms with van der Waals surface area (Å²) in [4.78, 5) is 21.7. The van der Waals surface area contributed by atoms with Crippen LogP contribution in [0, 0.1) is 0 Å². The number of fused-ring (bicyclic) bond motifs is 2. The number of aliphatic hydroxyl groups excluding tert-OH is 1. The normalized spacial score (nSPS) is 40.1. The molecular formula is C11H12FN5O5. The van der Waals surface area contributed by atoms with Crippen molar-refractivity contribution in [3.8, 4) is 0 Å². The van der Waals surface area contributed by atoms with Crippen LogP contribution < -0.4 is 11.3 Å². The number of alkyl halides is 1. The molecule has 1 saturated heterocycles. The number of nitrogens with zero attached hydrogens (tertiary/aromatic N) is 3. The molecule has 1 saturated carbocycles. The molecule has 4 rings (SSSR count). The molecule has 0 aromatic carbocycles. The van der Waals surface area contributed by atoms with Gasteiger partial charge in [-0.2, -0.15) is 4.98 Å². The zero-order chi connectivity index (χ0) is 15.9. The average molecular weight is 313 g/mol. The quantitative estimate of drug-likeness (QED) is 0.498. The fraction of sp³-hybridized carbons (Fsp3) is 0.545. The topological polar surface area (TPSA) is 149 Å². The van der Waals surface area contributed by atoms with Crippen LogP contribution in [0.4, 0.5) is 10.3 Å². The maximum absolute atomic E-state index is 14.6. The van der Waals surface area contributed by atoms with Crippen LogP contribution in [0.15, 0.2) is 11.1 Å². The van der Waals surface area contributed by atoms with Crippen LogP contribution in [0.25, 0.3) is 11.2 Å².